The Labute approximate surface area is 234 Å². The smallest absolute Gasteiger partial charge is 0.422 e. The van der Waals surface area contributed by atoms with Crippen molar-refractivity contribution in [2.45, 2.75) is 0 Å². The van der Waals surface area contributed by atoms with Gasteiger partial charge in [-0.3, -0.25) is 0 Å². The third kappa shape index (κ3) is 4.76. The van der Waals surface area contributed by atoms with Crippen molar-refractivity contribution in [2.75, 3.05) is 12.8 Å². The molecule has 192 valence electrons. The summed E-state index contributed by atoms with van der Waals surface area (Å²) in [4.78, 5) is 31.1. The molecule has 3 aromatic rings. The number of benzene rings is 4. The predicted molar refractivity (Wildman–Crippen MR) is 152 cm³/mol. The van der Waals surface area contributed by atoms with E-state index in [2.05, 4.69) is 15.0 Å². The summed E-state index contributed by atoms with van der Waals surface area (Å²) in [6.07, 6.45) is 0. The van der Waals surface area contributed by atoms with Crippen LogP contribution in [-0.4, -0.2) is 24.1 Å². The van der Waals surface area contributed by atoms with E-state index in [9.17, 15) is 14.7 Å². The molecule has 0 spiro atoms. The number of rotatable bonds is 4. The first-order valence-electron chi connectivity index (χ1n) is 11.5. The average Bonchev–Trinajstić information content (AvgIpc) is 2.93. The van der Waals surface area contributed by atoms with Crippen molar-refractivity contribution >= 4 is 56.8 Å². The lowest BCUT2D eigenvalue weighted by molar-refractivity contribution is -0.391. The summed E-state index contributed by atoms with van der Waals surface area (Å²) in [5, 5.41) is 15.2. The maximum Gasteiger partial charge on any atom is 0.422 e. The van der Waals surface area contributed by atoms with E-state index in [0.29, 0.717) is 39.1 Å². The maximum absolute atomic E-state index is 13.0. The summed E-state index contributed by atoms with van der Waals surface area (Å²) in [5.74, 6) is -0.920. The first-order valence-corrected chi connectivity index (χ1v) is 12.5. The van der Waals surface area contributed by atoms with Crippen molar-refractivity contribution in [1.82, 2.24) is 0 Å². The van der Waals surface area contributed by atoms with E-state index >= 15 is 0 Å². The molecule has 4 N–H and O–H groups in total. The number of halogens is 1. The Balaban J connectivity index is 1.72. The number of ether oxygens (including phenoxy) is 1. The number of fused-ring (bicyclic) bond motifs is 2. The van der Waals surface area contributed by atoms with Gasteiger partial charge in [-0.05, 0) is 64.0 Å². The molecule has 0 saturated heterocycles. The highest BCUT2D eigenvalue weighted by Gasteiger charge is 2.23. The number of hydrogen-bond donors (Lipinski definition) is 3. The number of hydrogen-bond acceptors (Lipinski definition) is 7. The lowest BCUT2D eigenvalue weighted by Crippen LogP contribution is -2.80. The van der Waals surface area contributed by atoms with Crippen LogP contribution in [0.25, 0.3) is 43.9 Å². The molecule has 0 radical (unpaired) electrons. The number of anilines is 1. The second kappa shape index (κ2) is 10.5. The Bertz CT molecular complexity index is 1890. The molecule has 1 amide bonds. The predicted octanol–water partition coefficient (Wildman–Crippen LogP) is 4.65. The van der Waals surface area contributed by atoms with Gasteiger partial charge in [0.05, 0.1) is 28.0 Å². The van der Waals surface area contributed by atoms with E-state index in [4.69, 9.17) is 20.4 Å². The van der Waals surface area contributed by atoms with Crippen LogP contribution in [0.15, 0.2) is 82.3 Å². The highest BCUT2D eigenvalue weighted by Crippen LogP contribution is 2.41. The zero-order valence-electron chi connectivity index (χ0n) is 20.3. The van der Waals surface area contributed by atoms with E-state index in [1.165, 1.54) is 19.2 Å². The van der Waals surface area contributed by atoms with Gasteiger partial charge in [0, 0.05) is 39.2 Å². The number of carbonyl (C=O) groups is 2. The quantitative estimate of drug-likeness (QED) is 0.0498. The molecule has 0 bridgehead atoms. The van der Waals surface area contributed by atoms with Gasteiger partial charge in [0.1, 0.15) is 22.7 Å². The molecule has 1 heterocycles. The van der Waals surface area contributed by atoms with Crippen LogP contribution in [0.1, 0.15) is 20.7 Å². The first-order chi connectivity index (χ1) is 18.8. The molecule has 3 aromatic carbocycles. The Hall–Kier alpha value is -4.87. The fourth-order valence-electron chi connectivity index (χ4n) is 4.32. The highest BCUT2D eigenvalue weighted by atomic mass is 125. The van der Waals surface area contributed by atoms with E-state index in [0.717, 1.165) is 10.9 Å². The number of methoxy groups -OCH3 is 1. The van der Waals surface area contributed by atoms with Gasteiger partial charge >= 0.3 is 11.9 Å². The summed E-state index contributed by atoms with van der Waals surface area (Å²) in [6, 6.07) is 20.3. The minimum absolute atomic E-state index is 0.00676. The minimum Gasteiger partial charge on any atom is -0.506 e. The molecule has 1 aliphatic carbocycles. The number of phenolic OH excluding ortho intramolecular Hbond substituents is 1. The molecule has 0 fully saturated rings. The fraction of sp³-hybridized carbons (Fsp3) is 0.0357. The van der Waals surface area contributed by atoms with Crippen LogP contribution in [0.2, 0.25) is 0 Å². The molecule has 5 rings (SSSR count). The number of phenols is 1. The molecule has 10 nitrogen and oxygen atoms in total. The Morgan fingerprint density at radius 3 is 2.62 bits per heavy atom. The monoisotopic (exact) mass is 630 g/mol. The summed E-state index contributed by atoms with van der Waals surface area (Å²) in [7, 11) is 1.33. The minimum atomic E-state index is -0.571. The van der Waals surface area contributed by atoms with Crippen LogP contribution < -0.4 is 16.1 Å². The molecular formula is C28H19IN5O5+. The van der Waals surface area contributed by atoms with Gasteiger partial charge in [-0.1, -0.05) is 29.4 Å². The SMILES string of the molecule is COC(=O)c1ccccc1-c1c2ccc(=[NH+]C(=O)c3ccc(N=[N+]=[N-])c([125I])c3O)cc-2oc2cc(N)ccc12. The Morgan fingerprint density at radius 2 is 1.85 bits per heavy atom. The number of nitrogens with one attached hydrogen (secondary N) is 1. The van der Waals surface area contributed by atoms with E-state index < -0.39 is 11.9 Å². The highest BCUT2D eigenvalue weighted by molar-refractivity contribution is 14.1. The van der Waals surface area contributed by atoms with Gasteiger partial charge in [0.25, 0.3) is 0 Å². The third-order valence-corrected chi connectivity index (χ3v) is 7.16. The summed E-state index contributed by atoms with van der Waals surface area (Å²) in [6.45, 7) is 0. The van der Waals surface area contributed by atoms with Gasteiger partial charge in [-0.2, -0.15) is 4.99 Å². The number of nitrogen functional groups attached to an aromatic ring is 1. The molecule has 1 aliphatic heterocycles. The van der Waals surface area contributed by atoms with Crippen LogP contribution in [0.4, 0.5) is 11.4 Å². The normalized spacial score (nSPS) is 11.4. The number of azide groups is 1. The molecule has 39 heavy (non-hydrogen) atoms. The average molecular weight is 630 g/mol. The second-order valence-electron chi connectivity index (χ2n) is 8.42. The lowest BCUT2D eigenvalue weighted by Gasteiger charge is -2.17. The van der Waals surface area contributed by atoms with Crippen molar-refractivity contribution in [1.29, 1.82) is 0 Å². The van der Waals surface area contributed by atoms with Crippen LogP contribution in [-0.2, 0) is 4.74 Å². The zero-order chi connectivity index (χ0) is 27.7. The molecule has 0 saturated carbocycles. The lowest BCUT2D eigenvalue weighted by atomic mass is 9.90. The van der Waals surface area contributed by atoms with E-state index in [-0.39, 0.29) is 20.6 Å². The number of amides is 1. The second-order valence-corrected chi connectivity index (χ2v) is 9.50. The largest absolute Gasteiger partial charge is 0.506 e. The van der Waals surface area contributed by atoms with E-state index in [1.807, 2.05) is 18.2 Å². The number of carbonyl (C=O) groups excluding carboxylic acids is 2. The number of nitrogens with two attached hydrogens (primary N) is 1. The van der Waals surface area contributed by atoms with Crippen molar-refractivity contribution in [3.8, 4) is 28.2 Å². The molecular weight excluding hydrogens is 611 g/mol. The Kier molecular flexibility index (Phi) is 6.92. The third-order valence-electron chi connectivity index (χ3n) is 6.10. The summed E-state index contributed by atoms with van der Waals surface area (Å²) >= 11 is 1.81. The number of esters is 1. The van der Waals surface area contributed by atoms with Crippen LogP contribution >= 0.6 is 22.6 Å². The molecule has 0 atom stereocenters. The van der Waals surface area contributed by atoms with Crippen molar-refractivity contribution < 1.29 is 28.8 Å². The van der Waals surface area contributed by atoms with Gasteiger partial charge in [0.15, 0.2) is 0 Å². The molecule has 11 heteroatoms. The first kappa shape index (κ1) is 25.8. The molecule has 2 aliphatic rings. The fourth-order valence-corrected chi connectivity index (χ4v) is 4.90. The summed E-state index contributed by atoms with van der Waals surface area (Å²) in [5.41, 5.74) is 18.4. The van der Waals surface area contributed by atoms with Crippen LogP contribution in [0.5, 0.6) is 5.75 Å². The van der Waals surface area contributed by atoms with Gasteiger partial charge < -0.3 is 20.0 Å². The molecule has 0 aromatic heterocycles. The maximum atomic E-state index is 13.0. The number of nitrogens with zero attached hydrogens (tertiary/aromatic N) is 3. The van der Waals surface area contributed by atoms with Crippen molar-refractivity contribution in [3.63, 3.8) is 0 Å². The number of aromatic hydroxyl groups is 1. The van der Waals surface area contributed by atoms with Crippen molar-refractivity contribution in [3.05, 3.63) is 103 Å². The van der Waals surface area contributed by atoms with Gasteiger partial charge in [-0.15, -0.1) is 0 Å². The molecule has 0 unspecified atom stereocenters. The van der Waals surface area contributed by atoms with Crippen LogP contribution in [0.3, 0.4) is 0 Å². The van der Waals surface area contributed by atoms with Gasteiger partial charge in [0.2, 0.25) is 5.36 Å². The van der Waals surface area contributed by atoms with E-state index in [1.54, 1.807) is 65.1 Å². The zero-order valence-corrected chi connectivity index (χ0v) is 22.5. The Morgan fingerprint density at radius 1 is 1.05 bits per heavy atom. The van der Waals surface area contributed by atoms with Crippen molar-refractivity contribution in [2.24, 2.45) is 5.11 Å². The van der Waals surface area contributed by atoms with Crippen LogP contribution in [0, 0.1) is 3.57 Å². The topological polar surface area (TPSA) is 165 Å². The summed E-state index contributed by atoms with van der Waals surface area (Å²) < 4.78 is 11.5. The van der Waals surface area contributed by atoms with Gasteiger partial charge in [-0.25, -0.2) is 9.59 Å². The standard InChI is InChI=1S/C28H18IN5O5/c1-38-28(37)17-5-3-2-4-16(17)24-18-8-6-14(30)12-22(18)39-23-13-15(7-9-19(23)24)32-27(36)20-10-11-21(33-34-31)25(29)26(20)35/h2-13,35H,30H2,1H3/p+1/i29-2.